The van der Waals surface area contributed by atoms with Gasteiger partial charge in [-0.05, 0) is 57.5 Å². The molecule has 1 aromatic carbocycles. The number of likely N-dealkylation sites (tertiary alicyclic amines) is 1. The van der Waals surface area contributed by atoms with Crippen molar-refractivity contribution in [1.29, 1.82) is 0 Å². The van der Waals surface area contributed by atoms with Crippen LogP contribution in [-0.4, -0.2) is 22.1 Å². The SMILES string of the molecule is C[C@@H]1CCC[C@H](C)N1C(=S)Nc1cccc(Cl)c1Cl. The lowest BCUT2D eigenvalue weighted by molar-refractivity contribution is 0.194. The van der Waals surface area contributed by atoms with Crippen molar-refractivity contribution in [3.05, 3.63) is 28.2 Å². The fourth-order valence-electron chi connectivity index (χ4n) is 2.60. The number of benzene rings is 1. The van der Waals surface area contributed by atoms with Gasteiger partial charge in [-0.25, -0.2) is 0 Å². The summed E-state index contributed by atoms with van der Waals surface area (Å²) in [4.78, 5) is 2.26. The Bertz CT molecular complexity index is 469. The van der Waals surface area contributed by atoms with Crippen LogP contribution >= 0.6 is 35.4 Å². The molecule has 0 amide bonds. The van der Waals surface area contributed by atoms with Crippen LogP contribution in [0.5, 0.6) is 0 Å². The molecule has 0 unspecified atom stereocenters. The highest BCUT2D eigenvalue weighted by atomic mass is 35.5. The number of rotatable bonds is 1. The molecule has 0 aromatic heterocycles. The van der Waals surface area contributed by atoms with Gasteiger partial charge in [-0.1, -0.05) is 29.3 Å². The summed E-state index contributed by atoms with van der Waals surface area (Å²) in [5.74, 6) is 0. The second kappa shape index (κ2) is 6.29. The molecule has 5 heteroatoms. The van der Waals surface area contributed by atoms with E-state index in [0.717, 1.165) is 10.8 Å². The summed E-state index contributed by atoms with van der Waals surface area (Å²) in [5.41, 5.74) is 0.768. The first-order chi connectivity index (χ1) is 9.00. The zero-order valence-corrected chi connectivity index (χ0v) is 13.4. The number of nitrogens with one attached hydrogen (secondary N) is 1. The normalized spacial score (nSPS) is 23.3. The largest absolute Gasteiger partial charge is 0.344 e. The van der Waals surface area contributed by atoms with Crippen molar-refractivity contribution in [2.75, 3.05) is 5.32 Å². The Hall–Kier alpha value is -0.510. The summed E-state index contributed by atoms with van der Waals surface area (Å²) in [5, 5.41) is 5.00. The quantitative estimate of drug-likeness (QED) is 0.738. The monoisotopic (exact) mass is 316 g/mol. The Morgan fingerprint density at radius 3 is 2.53 bits per heavy atom. The van der Waals surface area contributed by atoms with Gasteiger partial charge >= 0.3 is 0 Å². The van der Waals surface area contributed by atoms with E-state index < -0.39 is 0 Å². The summed E-state index contributed by atoms with van der Waals surface area (Å²) in [6.45, 7) is 4.42. The molecular weight excluding hydrogens is 299 g/mol. The third-order valence-corrected chi connectivity index (χ3v) is 4.75. The molecule has 2 atom stereocenters. The Labute approximate surface area is 130 Å². The van der Waals surface area contributed by atoms with Gasteiger partial charge in [-0.2, -0.15) is 0 Å². The molecule has 1 aliphatic heterocycles. The van der Waals surface area contributed by atoms with Crippen molar-refractivity contribution in [3.8, 4) is 0 Å². The summed E-state index contributed by atoms with van der Waals surface area (Å²) >= 11 is 17.7. The topological polar surface area (TPSA) is 15.3 Å². The number of anilines is 1. The molecule has 1 fully saturated rings. The van der Waals surface area contributed by atoms with Crippen LogP contribution in [0.25, 0.3) is 0 Å². The number of thiocarbonyl (C=S) groups is 1. The first-order valence-electron chi connectivity index (χ1n) is 6.54. The molecule has 0 radical (unpaired) electrons. The highest BCUT2D eigenvalue weighted by Gasteiger charge is 2.26. The summed E-state index contributed by atoms with van der Waals surface area (Å²) in [7, 11) is 0. The fraction of sp³-hybridized carbons (Fsp3) is 0.500. The van der Waals surface area contributed by atoms with Gasteiger partial charge in [0.1, 0.15) is 0 Å². The van der Waals surface area contributed by atoms with E-state index in [9.17, 15) is 0 Å². The van der Waals surface area contributed by atoms with E-state index in [4.69, 9.17) is 35.4 Å². The molecule has 104 valence electrons. The molecule has 1 N–H and O–H groups in total. The molecule has 1 aromatic rings. The van der Waals surface area contributed by atoms with Crippen LogP contribution in [-0.2, 0) is 0 Å². The van der Waals surface area contributed by atoms with E-state index in [-0.39, 0.29) is 0 Å². The average molecular weight is 317 g/mol. The Kier molecular flexibility index (Phi) is 4.93. The minimum Gasteiger partial charge on any atom is -0.344 e. The summed E-state index contributed by atoms with van der Waals surface area (Å²) < 4.78 is 0. The van der Waals surface area contributed by atoms with Crippen LogP contribution in [0.15, 0.2) is 18.2 Å². The van der Waals surface area contributed by atoms with Crippen molar-refractivity contribution in [1.82, 2.24) is 4.90 Å². The van der Waals surface area contributed by atoms with Crippen LogP contribution < -0.4 is 5.32 Å². The van der Waals surface area contributed by atoms with E-state index in [1.54, 1.807) is 6.07 Å². The molecule has 1 heterocycles. The lowest BCUT2D eigenvalue weighted by Gasteiger charge is -2.41. The van der Waals surface area contributed by atoms with Gasteiger partial charge in [0.2, 0.25) is 0 Å². The Morgan fingerprint density at radius 1 is 1.26 bits per heavy atom. The number of piperidine rings is 1. The van der Waals surface area contributed by atoms with Gasteiger partial charge in [0.25, 0.3) is 0 Å². The second-order valence-corrected chi connectivity index (χ2v) is 6.24. The van der Waals surface area contributed by atoms with Gasteiger partial charge in [0.05, 0.1) is 15.7 Å². The van der Waals surface area contributed by atoms with Gasteiger partial charge < -0.3 is 10.2 Å². The van der Waals surface area contributed by atoms with Crippen LogP contribution in [0.2, 0.25) is 10.0 Å². The molecule has 0 aliphatic carbocycles. The van der Waals surface area contributed by atoms with Gasteiger partial charge in [-0.15, -0.1) is 0 Å². The first kappa shape index (κ1) is 14.9. The number of halogens is 2. The molecule has 2 rings (SSSR count). The molecule has 0 bridgehead atoms. The molecule has 19 heavy (non-hydrogen) atoms. The fourth-order valence-corrected chi connectivity index (χ4v) is 3.42. The molecule has 0 saturated carbocycles. The number of nitrogens with zero attached hydrogens (tertiary/aromatic N) is 1. The van der Waals surface area contributed by atoms with E-state index in [2.05, 4.69) is 24.1 Å². The average Bonchev–Trinajstić information content (AvgIpc) is 2.35. The van der Waals surface area contributed by atoms with E-state index in [0.29, 0.717) is 22.1 Å². The molecule has 1 aliphatic rings. The number of hydrogen-bond donors (Lipinski definition) is 1. The van der Waals surface area contributed by atoms with Crippen molar-refractivity contribution >= 4 is 46.2 Å². The smallest absolute Gasteiger partial charge is 0.173 e. The minimum absolute atomic E-state index is 0.460. The van der Waals surface area contributed by atoms with Crippen molar-refractivity contribution in [2.24, 2.45) is 0 Å². The molecular formula is C14H18Cl2N2S. The molecule has 1 saturated heterocycles. The summed E-state index contributed by atoms with van der Waals surface area (Å²) in [6.07, 6.45) is 3.62. The van der Waals surface area contributed by atoms with Crippen LogP contribution in [0.4, 0.5) is 5.69 Å². The zero-order chi connectivity index (χ0) is 14.0. The van der Waals surface area contributed by atoms with Crippen molar-refractivity contribution in [2.45, 2.75) is 45.2 Å². The maximum atomic E-state index is 6.18. The molecule has 0 spiro atoms. The van der Waals surface area contributed by atoms with Crippen LogP contribution in [0.3, 0.4) is 0 Å². The predicted octanol–water partition coefficient (Wildman–Crippen LogP) is 4.95. The minimum atomic E-state index is 0.460. The van der Waals surface area contributed by atoms with Crippen LogP contribution in [0, 0.1) is 0 Å². The third-order valence-electron chi connectivity index (χ3n) is 3.62. The van der Waals surface area contributed by atoms with Gasteiger partial charge in [0, 0.05) is 12.1 Å². The Balaban J connectivity index is 2.14. The molecule has 2 nitrogen and oxygen atoms in total. The maximum Gasteiger partial charge on any atom is 0.173 e. The lowest BCUT2D eigenvalue weighted by atomic mass is 9.98. The highest BCUT2D eigenvalue weighted by Crippen LogP contribution is 2.31. The second-order valence-electron chi connectivity index (χ2n) is 5.07. The van der Waals surface area contributed by atoms with Crippen LogP contribution in [0.1, 0.15) is 33.1 Å². The van der Waals surface area contributed by atoms with Crippen molar-refractivity contribution in [3.63, 3.8) is 0 Å². The Morgan fingerprint density at radius 2 is 1.89 bits per heavy atom. The van der Waals surface area contributed by atoms with Crippen molar-refractivity contribution < 1.29 is 0 Å². The standard InChI is InChI=1S/C14H18Cl2N2S/c1-9-5-3-6-10(2)18(9)14(19)17-12-8-4-7-11(15)13(12)16/h4,7-10H,3,5-6H2,1-2H3,(H,17,19)/t9-,10+. The zero-order valence-electron chi connectivity index (χ0n) is 11.1. The lowest BCUT2D eigenvalue weighted by Crippen LogP contribution is -2.49. The first-order valence-corrected chi connectivity index (χ1v) is 7.70. The third kappa shape index (κ3) is 3.33. The maximum absolute atomic E-state index is 6.18. The number of hydrogen-bond acceptors (Lipinski definition) is 1. The predicted molar refractivity (Wildman–Crippen MR) is 87.3 cm³/mol. The highest BCUT2D eigenvalue weighted by molar-refractivity contribution is 7.80. The van der Waals surface area contributed by atoms with E-state index in [1.165, 1.54) is 19.3 Å². The van der Waals surface area contributed by atoms with E-state index >= 15 is 0 Å². The van der Waals surface area contributed by atoms with Gasteiger partial charge in [-0.3, -0.25) is 0 Å². The van der Waals surface area contributed by atoms with E-state index in [1.807, 2.05) is 12.1 Å². The van der Waals surface area contributed by atoms with Gasteiger partial charge in [0.15, 0.2) is 5.11 Å². The summed E-state index contributed by atoms with van der Waals surface area (Å²) in [6, 6.07) is 6.44.